The summed E-state index contributed by atoms with van der Waals surface area (Å²) in [6.07, 6.45) is 2.50. The third kappa shape index (κ3) is 5.41. The summed E-state index contributed by atoms with van der Waals surface area (Å²) in [5, 5.41) is 3.67. The van der Waals surface area contributed by atoms with E-state index in [0.717, 1.165) is 38.8 Å². The molecule has 3 heteroatoms. The maximum absolute atomic E-state index is 5.55. The van der Waals surface area contributed by atoms with Crippen LogP contribution in [-0.2, 0) is 4.74 Å². The minimum atomic E-state index is 0.417. The largest absolute Gasteiger partial charge is 0.379 e. The predicted molar refractivity (Wildman–Crippen MR) is 82.6 cm³/mol. The SMILES string of the molecule is CCC(CC)(CNCC(C)C)CN1CCOCC1C. The Morgan fingerprint density at radius 3 is 2.53 bits per heavy atom. The molecule has 1 atom stereocenters. The molecular formula is C16H34N2O. The van der Waals surface area contributed by atoms with E-state index in [9.17, 15) is 0 Å². The van der Waals surface area contributed by atoms with Gasteiger partial charge in [-0.3, -0.25) is 4.90 Å². The zero-order chi connectivity index (χ0) is 14.3. The zero-order valence-corrected chi connectivity index (χ0v) is 13.7. The van der Waals surface area contributed by atoms with Gasteiger partial charge in [-0.1, -0.05) is 27.7 Å². The second-order valence-corrected chi connectivity index (χ2v) is 6.63. The van der Waals surface area contributed by atoms with Gasteiger partial charge in [0.1, 0.15) is 0 Å². The van der Waals surface area contributed by atoms with Crippen LogP contribution in [0.1, 0.15) is 47.5 Å². The van der Waals surface area contributed by atoms with Crippen molar-refractivity contribution in [2.24, 2.45) is 11.3 Å². The van der Waals surface area contributed by atoms with Crippen LogP contribution in [0.2, 0.25) is 0 Å². The van der Waals surface area contributed by atoms with E-state index >= 15 is 0 Å². The molecular weight excluding hydrogens is 236 g/mol. The van der Waals surface area contributed by atoms with Gasteiger partial charge in [-0.15, -0.1) is 0 Å². The van der Waals surface area contributed by atoms with E-state index in [-0.39, 0.29) is 0 Å². The molecule has 0 aliphatic carbocycles. The lowest BCUT2D eigenvalue weighted by Gasteiger charge is -2.42. The number of hydrogen-bond donors (Lipinski definition) is 1. The molecule has 0 radical (unpaired) electrons. The molecule has 19 heavy (non-hydrogen) atoms. The van der Waals surface area contributed by atoms with Gasteiger partial charge in [0, 0.05) is 25.7 Å². The summed E-state index contributed by atoms with van der Waals surface area (Å²) in [7, 11) is 0. The Balaban J connectivity index is 2.53. The zero-order valence-electron chi connectivity index (χ0n) is 13.7. The first-order chi connectivity index (χ1) is 9.03. The first kappa shape index (κ1) is 16.9. The van der Waals surface area contributed by atoms with Gasteiger partial charge >= 0.3 is 0 Å². The van der Waals surface area contributed by atoms with Crippen molar-refractivity contribution in [3.8, 4) is 0 Å². The molecule has 0 bridgehead atoms. The van der Waals surface area contributed by atoms with E-state index < -0.39 is 0 Å². The van der Waals surface area contributed by atoms with E-state index in [1.807, 2.05) is 0 Å². The second kappa shape index (κ2) is 8.23. The highest BCUT2D eigenvalue weighted by atomic mass is 16.5. The fourth-order valence-electron chi connectivity index (χ4n) is 2.83. The van der Waals surface area contributed by atoms with Gasteiger partial charge in [0.25, 0.3) is 0 Å². The van der Waals surface area contributed by atoms with Crippen molar-refractivity contribution in [1.29, 1.82) is 0 Å². The van der Waals surface area contributed by atoms with Crippen LogP contribution in [0.25, 0.3) is 0 Å². The van der Waals surface area contributed by atoms with Crippen molar-refractivity contribution < 1.29 is 4.74 Å². The van der Waals surface area contributed by atoms with Crippen LogP contribution >= 0.6 is 0 Å². The summed E-state index contributed by atoms with van der Waals surface area (Å²) in [6, 6.07) is 0.566. The molecule has 1 aliphatic heterocycles. The van der Waals surface area contributed by atoms with Crippen molar-refractivity contribution in [3.63, 3.8) is 0 Å². The highest BCUT2D eigenvalue weighted by Crippen LogP contribution is 2.28. The Morgan fingerprint density at radius 1 is 1.32 bits per heavy atom. The van der Waals surface area contributed by atoms with Crippen LogP contribution in [-0.4, -0.2) is 50.3 Å². The van der Waals surface area contributed by atoms with Gasteiger partial charge in [0.2, 0.25) is 0 Å². The Kier molecular flexibility index (Phi) is 7.33. The Morgan fingerprint density at radius 2 is 2.00 bits per heavy atom. The van der Waals surface area contributed by atoms with Gasteiger partial charge in [-0.25, -0.2) is 0 Å². The highest BCUT2D eigenvalue weighted by Gasteiger charge is 2.31. The van der Waals surface area contributed by atoms with Crippen molar-refractivity contribution in [2.45, 2.75) is 53.5 Å². The number of hydrogen-bond acceptors (Lipinski definition) is 3. The molecule has 1 N–H and O–H groups in total. The summed E-state index contributed by atoms with van der Waals surface area (Å²) in [5.41, 5.74) is 0.417. The maximum atomic E-state index is 5.55. The molecule has 1 aliphatic rings. The van der Waals surface area contributed by atoms with Crippen molar-refractivity contribution in [1.82, 2.24) is 10.2 Å². The maximum Gasteiger partial charge on any atom is 0.0619 e. The third-order valence-corrected chi connectivity index (χ3v) is 4.60. The number of rotatable bonds is 8. The van der Waals surface area contributed by atoms with E-state index in [1.165, 1.54) is 19.4 Å². The average Bonchev–Trinajstić information content (AvgIpc) is 2.39. The smallest absolute Gasteiger partial charge is 0.0619 e. The van der Waals surface area contributed by atoms with Crippen LogP contribution in [0.3, 0.4) is 0 Å². The van der Waals surface area contributed by atoms with Gasteiger partial charge in [-0.2, -0.15) is 0 Å². The van der Waals surface area contributed by atoms with Gasteiger partial charge in [0.05, 0.1) is 13.2 Å². The molecule has 1 rings (SSSR count). The Hall–Kier alpha value is -0.120. The van der Waals surface area contributed by atoms with Gasteiger partial charge < -0.3 is 10.1 Å². The normalized spacial score (nSPS) is 22.1. The van der Waals surface area contributed by atoms with Crippen molar-refractivity contribution in [2.75, 3.05) is 39.4 Å². The highest BCUT2D eigenvalue weighted by molar-refractivity contribution is 4.85. The lowest BCUT2D eigenvalue weighted by atomic mass is 9.81. The molecule has 3 nitrogen and oxygen atoms in total. The Bertz CT molecular complexity index is 239. The number of morpholine rings is 1. The number of ether oxygens (including phenoxy) is 1. The van der Waals surface area contributed by atoms with Crippen molar-refractivity contribution in [3.05, 3.63) is 0 Å². The topological polar surface area (TPSA) is 24.5 Å². The molecule has 1 unspecified atom stereocenters. The van der Waals surface area contributed by atoms with Gasteiger partial charge in [-0.05, 0) is 37.6 Å². The first-order valence-electron chi connectivity index (χ1n) is 8.05. The van der Waals surface area contributed by atoms with Crippen LogP contribution in [0.15, 0.2) is 0 Å². The Labute approximate surface area is 120 Å². The number of nitrogens with one attached hydrogen (secondary N) is 1. The minimum Gasteiger partial charge on any atom is -0.379 e. The molecule has 0 saturated carbocycles. The van der Waals surface area contributed by atoms with Crippen LogP contribution < -0.4 is 5.32 Å². The standard InChI is InChI=1S/C16H34N2O/c1-6-16(7-2,12-17-10-14(3)4)13-18-8-9-19-11-15(18)5/h14-15,17H,6-13H2,1-5H3. The summed E-state index contributed by atoms with van der Waals surface area (Å²) < 4.78 is 5.55. The average molecular weight is 270 g/mol. The summed E-state index contributed by atoms with van der Waals surface area (Å²) in [5.74, 6) is 0.730. The monoisotopic (exact) mass is 270 g/mol. The minimum absolute atomic E-state index is 0.417. The van der Waals surface area contributed by atoms with Gasteiger partial charge in [0.15, 0.2) is 0 Å². The molecule has 0 amide bonds. The van der Waals surface area contributed by atoms with E-state index in [1.54, 1.807) is 0 Å². The fraction of sp³-hybridized carbons (Fsp3) is 1.00. The molecule has 1 heterocycles. The van der Waals surface area contributed by atoms with Crippen LogP contribution in [0.4, 0.5) is 0 Å². The van der Waals surface area contributed by atoms with Crippen LogP contribution in [0.5, 0.6) is 0 Å². The third-order valence-electron chi connectivity index (χ3n) is 4.60. The molecule has 0 aromatic heterocycles. The second-order valence-electron chi connectivity index (χ2n) is 6.63. The van der Waals surface area contributed by atoms with E-state index in [4.69, 9.17) is 4.74 Å². The molecule has 0 spiro atoms. The molecule has 114 valence electrons. The number of nitrogens with zero attached hydrogens (tertiary/aromatic N) is 1. The summed E-state index contributed by atoms with van der Waals surface area (Å²) in [6.45, 7) is 17.9. The van der Waals surface area contributed by atoms with Crippen molar-refractivity contribution >= 4 is 0 Å². The predicted octanol–water partition coefficient (Wildman–Crippen LogP) is 2.76. The molecule has 0 aromatic rings. The quantitative estimate of drug-likeness (QED) is 0.734. The van der Waals surface area contributed by atoms with Crippen LogP contribution in [0, 0.1) is 11.3 Å². The lowest BCUT2D eigenvalue weighted by Crippen LogP contribution is -2.51. The molecule has 1 fully saturated rings. The summed E-state index contributed by atoms with van der Waals surface area (Å²) >= 11 is 0. The lowest BCUT2D eigenvalue weighted by molar-refractivity contribution is -0.0221. The van der Waals surface area contributed by atoms with E-state index in [0.29, 0.717) is 11.5 Å². The van der Waals surface area contributed by atoms with E-state index in [2.05, 4.69) is 44.8 Å². The fourth-order valence-corrected chi connectivity index (χ4v) is 2.83. The molecule has 0 aromatic carbocycles. The first-order valence-corrected chi connectivity index (χ1v) is 8.05. The summed E-state index contributed by atoms with van der Waals surface area (Å²) in [4.78, 5) is 2.62. The molecule has 1 saturated heterocycles.